The van der Waals surface area contributed by atoms with Crippen molar-refractivity contribution >= 4 is 23.7 Å². The fourth-order valence-corrected chi connectivity index (χ4v) is 1.59. The molecule has 1 unspecified atom stereocenters. The van der Waals surface area contributed by atoms with Crippen LogP contribution >= 0.6 is 18.0 Å². The van der Waals surface area contributed by atoms with Crippen LogP contribution in [0.25, 0.3) is 0 Å². The van der Waals surface area contributed by atoms with Crippen molar-refractivity contribution in [3.63, 3.8) is 0 Å². The van der Waals surface area contributed by atoms with Crippen molar-refractivity contribution in [2.75, 3.05) is 19.1 Å². The molecule has 0 spiro atoms. The fourth-order valence-electron chi connectivity index (χ4n) is 1.10. The molecule has 4 nitrogen and oxygen atoms in total. The van der Waals surface area contributed by atoms with E-state index >= 15 is 0 Å². The van der Waals surface area contributed by atoms with Crippen LogP contribution in [0.2, 0.25) is 0 Å². The van der Waals surface area contributed by atoms with E-state index in [2.05, 4.69) is 4.98 Å². The van der Waals surface area contributed by atoms with Crippen molar-refractivity contribution < 1.29 is 9.26 Å². The second kappa shape index (κ2) is 5.65. The Hall–Kier alpha value is -0.590. The van der Waals surface area contributed by atoms with Crippen LogP contribution < -0.4 is 15.0 Å². The Morgan fingerprint density at radius 1 is 1.38 bits per heavy atom. The van der Waals surface area contributed by atoms with E-state index in [1.54, 1.807) is 12.1 Å². The Balaban J connectivity index is 0.00000128. The number of hydrogen-bond acceptors (Lipinski definition) is 4. The van der Waals surface area contributed by atoms with Crippen molar-refractivity contribution in [1.29, 1.82) is 0 Å². The number of nitrogens with two attached hydrogens (primary N) is 1. The highest BCUT2D eigenvalue weighted by atomic mass is 31.1. The lowest BCUT2D eigenvalue weighted by molar-refractivity contribution is 0.289. The van der Waals surface area contributed by atoms with Gasteiger partial charge in [0.2, 0.25) is 11.8 Å². The third-order valence-corrected chi connectivity index (χ3v) is 2.48. The van der Waals surface area contributed by atoms with Gasteiger partial charge in [-0.2, -0.15) is 14.9 Å². The molecule has 6 heteroatoms. The van der Waals surface area contributed by atoms with Gasteiger partial charge in [0.1, 0.15) is 6.10 Å². The van der Waals surface area contributed by atoms with E-state index in [4.69, 9.17) is 15.0 Å². The number of nitrogens with zero attached hydrogens (tertiary/aromatic N) is 1. The van der Waals surface area contributed by atoms with Crippen molar-refractivity contribution in [3.8, 4) is 11.8 Å². The Morgan fingerprint density at radius 2 is 2.06 bits per heavy atom. The van der Waals surface area contributed by atoms with Crippen LogP contribution in [0.3, 0.4) is 0 Å². The van der Waals surface area contributed by atoms with E-state index in [0.717, 1.165) is 12.8 Å². The summed E-state index contributed by atoms with van der Waals surface area (Å²) in [7, 11) is -0.508. The minimum Gasteiger partial charge on any atom is -0.474 e. The summed E-state index contributed by atoms with van der Waals surface area (Å²) in [6, 6.07) is 3.56. The molecular weight excluding hydrogens is 242 g/mol. The lowest BCUT2D eigenvalue weighted by Crippen LogP contribution is -2.01. The van der Waals surface area contributed by atoms with Crippen molar-refractivity contribution in [3.05, 3.63) is 12.1 Å². The number of aromatic nitrogens is 1. The molecule has 16 heavy (non-hydrogen) atoms. The molecule has 0 radical (unpaired) electrons. The van der Waals surface area contributed by atoms with E-state index in [0.29, 0.717) is 23.6 Å². The Morgan fingerprint density at radius 3 is 2.62 bits per heavy atom. The zero-order valence-electron chi connectivity index (χ0n) is 9.64. The number of ether oxygens (including phenoxy) is 1. The van der Waals surface area contributed by atoms with Crippen LogP contribution in [0.4, 0.5) is 5.69 Å². The van der Waals surface area contributed by atoms with Gasteiger partial charge in [0, 0.05) is 6.07 Å². The number of hydrogen-bond donors (Lipinski definition) is 1. The molecule has 2 rings (SSSR count). The van der Waals surface area contributed by atoms with Gasteiger partial charge in [-0.25, -0.2) is 0 Å². The molecule has 1 aromatic heterocycles. The van der Waals surface area contributed by atoms with Crippen LogP contribution in [0.1, 0.15) is 12.8 Å². The SMILES string of the molecule is CP(C)Oc1nc(OC2CC2)ccc1N.P. The van der Waals surface area contributed by atoms with E-state index < -0.39 is 8.15 Å². The maximum Gasteiger partial charge on any atom is 0.243 e. The topological polar surface area (TPSA) is 57.4 Å². The standard InChI is InChI=1S/C10H15N2O2P.H3P/c1-15(2)14-10-8(11)5-6-9(12-10)13-7-3-4-7;/h5-7H,3-4,11H2,1-2H3;1H3. The smallest absolute Gasteiger partial charge is 0.243 e. The Kier molecular flexibility index (Phi) is 4.76. The summed E-state index contributed by atoms with van der Waals surface area (Å²) in [5.74, 6) is 1.10. The molecular formula is C10H18N2O2P2. The van der Waals surface area contributed by atoms with Crippen molar-refractivity contribution in [1.82, 2.24) is 4.98 Å². The fraction of sp³-hybridized carbons (Fsp3) is 0.500. The normalized spacial score (nSPS) is 14.4. The second-order valence-corrected chi connectivity index (χ2v) is 5.57. The lowest BCUT2D eigenvalue weighted by atomic mass is 10.4. The summed E-state index contributed by atoms with van der Waals surface area (Å²) in [5, 5.41) is 0. The third kappa shape index (κ3) is 3.77. The first-order chi connectivity index (χ1) is 7.15. The zero-order valence-corrected chi connectivity index (χ0v) is 12.0. The molecule has 0 amide bonds. The van der Waals surface area contributed by atoms with Crippen molar-refractivity contribution in [2.24, 2.45) is 0 Å². The van der Waals surface area contributed by atoms with Crippen LogP contribution in [0, 0.1) is 0 Å². The lowest BCUT2D eigenvalue weighted by Gasteiger charge is -2.11. The highest BCUT2D eigenvalue weighted by molar-refractivity contribution is 7.51. The summed E-state index contributed by atoms with van der Waals surface area (Å²) in [5.41, 5.74) is 6.32. The van der Waals surface area contributed by atoms with Gasteiger partial charge < -0.3 is 15.0 Å². The van der Waals surface area contributed by atoms with Gasteiger partial charge in [-0.3, -0.25) is 0 Å². The number of nitrogen functional groups attached to an aromatic ring is 1. The summed E-state index contributed by atoms with van der Waals surface area (Å²) in [6.07, 6.45) is 2.59. The average Bonchev–Trinajstić information content (AvgIpc) is 2.94. The second-order valence-electron chi connectivity index (χ2n) is 3.76. The molecule has 0 aliphatic heterocycles. The van der Waals surface area contributed by atoms with Gasteiger partial charge in [-0.05, 0) is 32.2 Å². The predicted octanol–water partition coefficient (Wildman–Crippen LogP) is 2.30. The van der Waals surface area contributed by atoms with Crippen LogP contribution in [0.15, 0.2) is 12.1 Å². The number of pyridine rings is 1. The molecule has 1 aliphatic rings. The van der Waals surface area contributed by atoms with Gasteiger partial charge in [-0.1, -0.05) is 0 Å². The quantitative estimate of drug-likeness (QED) is 0.844. The zero-order chi connectivity index (χ0) is 10.8. The molecule has 1 heterocycles. The summed E-state index contributed by atoms with van der Waals surface area (Å²) < 4.78 is 11.1. The van der Waals surface area contributed by atoms with E-state index in [-0.39, 0.29) is 9.90 Å². The highest BCUT2D eigenvalue weighted by Crippen LogP contribution is 2.34. The number of anilines is 1. The maximum atomic E-state index is 5.75. The Bertz CT molecular complexity index is 357. The minimum atomic E-state index is -0.508. The van der Waals surface area contributed by atoms with Crippen molar-refractivity contribution in [2.45, 2.75) is 18.9 Å². The van der Waals surface area contributed by atoms with Crippen LogP contribution in [-0.2, 0) is 0 Å². The third-order valence-electron chi connectivity index (χ3n) is 1.94. The summed E-state index contributed by atoms with van der Waals surface area (Å²) >= 11 is 0. The molecule has 1 atom stereocenters. The Labute approximate surface area is 100 Å². The minimum absolute atomic E-state index is 0. The summed E-state index contributed by atoms with van der Waals surface area (Å²) in [4.78, 5) is 4.24. The predicted molar refractivity (Wildman–Crippen MR) is 72.8 cm³/mol. The van der Waals surface area contributed by atoms with Gasteiger partial charge in [-0.15, -0.1) is 0 Å². The first-order valence-electron chi connectivity index (χ1n) is 4.93. The molecule has 2 N–H and O–H groups in total. The largest absolute Gasteiger partial charge is 0.474 e. The highest BCUT2D eigenvalue weighted by Gasteiger charge is 2.24. The molecule has 0 saturated heterocycles. The molecule has 1 aromatic rings. The first kappa shape index (κ1) is 13.5. The molecule has 90 valence electrons. The van der Waals surface area contributed by atoms with Gasteiger partial charge >= 0.3 is 0 Å². The van der Waals surface area contributed by atoms with E-state index in [9.17, 15) is 0 Å². The molecule has 1 saturated carbocycles. The molecule has 0 aromatic carbocycles. The van der Waals surface area contributed by atoms with Gasteiger partial charge in [0.05, 0.1) is 13.8 Å². The van der Waals surface area contributed by atoms with Gasteiger partial charge in [0.25, 0.3) is 0 Å². The monoisotopic (exact) mass is 260 g/mol. The molecule has 0 bridgehead atoms. The number of rotatable bonds is 4. The summed E-state index contributed by atoms with van der Waals surface area (Å²) in [6.45, 7) is 4.01. The molecule has 1 aliphatic carbocycles. The first-order valence-corrected chi connectivity index (χ1v) is 7.09. The average molecular weight is 260 g/mol. The van der Waals surface area contributed by atoms with E-state index in [1.807, 2.05) is 13.3 Å². The maximum absolute atomic E-state index is 5.75. The van der Waals surface area contributed by atoms with Gasteiger partial charge in [0.15, 0.2) is 0 Å². The van der Waals surface area contributed by atoms with Crippen LogP contribution in [0.5, 0.6) is 11.8 Å². The molecule has 1 fully saturated rings. The van der Waals surface area contributed by atoms with E-state index in [1.165, 1.54) is 0 Å². The van der Waals surface area contributed by atoms with Crippen LogP contribution in [-0.4, -0.2) is 24.4 Å².